The fourth-order valence-electron chi connectivity index (χ4n) is 3.50. The molecule has 2 aromatic carbocycles. The number of Topliss-reactive ketones (excluding diaryl/α,β-unsaturated/α-hetero) is 1. The van der Waals surface area contributed by atoms with Crippen LogP contribution in [0.4, 0.5) is 0 Å². The highest BCUT2D eigenvalue weighted by Gasteiger charge is 2.16. The van der Waals surface area contributed by atoms with E-state index < -0.39 is 0 Å². The number of hydrogen-bond donors (Lipinski definition) is 0. The second-order valence-electron chi connectivity index (χ2n) is 6.86. The van der Waals surface area contributed by atoms with Gasteiger partial charge in [-0.25, -0.2) is 4.98 Å². The molecule has 0 unspecified atom stereocenters. The molecule has 0 aliphatic heterocycles. The molecule has 3 aromatic heterocycles. The summed E-state index contributed by atoms with van der Waals surface area (Å²) in [7, 11) is 0. The zero-order valence-corrected chi connectivity index (χ0v) is 17.7. The van der Waals surface area contributed by atoms with Gasteiger partial charge in [-0.05, 0) is 29.5 Å². The Morgan fingerprint density at radius 2 is 1.80 bits per heavy atom. The summed E-state index contributed by atoms with van der Waals surface area (Å²) in [5.74, 6) is 0.390. The van der Waals surface area contributed by atoms with Gasteiger partial charge in [0, 0.05) is 11.9 Å². The van der Waals surface area contributed by atoms with Crippen LogP contribution in [-0.4, -0.2) is 31.3 Å². The standard InChI is InChI=1S/C23H18N4OS2/c28-19(20-11-6-14-29-20)15-30-23-24-22-21(25-26-23)17-9-4-5-10-18(17)27(22)13-12-16-7-2-1-3-8-16/h1-11,14H,12-13,15H2. The van der Waals surface area contributed by atoms with Crippen LogP contribution in [0.15, 0.2) is 77.3 Å². The molecule has 0 N–H and O–H groups in total. The maximum Gasteiger partial charge on any atom is 0.211 e. The number of hydrogen-bond acceptors (Lipinski definition) is 6. The van der Waals surface area contributed by atoms with Gasteiger partial charge in [-0.3, -0.25) is 4.79 Å². The van der Waals surface area contributed by atoms with Crippen molar-refractivity contribution in [1.82, 2.24) is 19.7 Å². The third-order valence-electron chi connectivity index (χ3n) is 4.95. The molecular formula is C23H18N4OS2. The largest absolute Gasteiger partial charge is 0.323 e. The van der Waals surface area contributed by atoms with Gasteiger partial charge < -0.3 is 4.57 Å². The predicted octanol–water partition coefficient (Wildman–Crippen LogP) is 5.26. The molecule has 0 spiro atoms. The fourth-order valence-corrected chi connectivity index (χ4v) is 4.92. The van der Waals surface area contributed by atoms with E-state index in [-0.39, 0.29) is 5.78 Å². The normalized spacial score (nSPS) is 11.3. The molecule has 5 nitrogen and oxygen atoms in total. The summed E-state index contributed by atoms with van der Waals surface area (Å²) in [4.78, 5) is 17.9. The van der Waals surface area contributed by atoms with Crippen molar-refractivity contribution < 1.29 is 4.79 Å². The van der Waals surface area contributed by atoms with Crippen molar-refractivity contribution in [3.63, 3.8) is 0 Å². The van der Waals surface area contributed by atoms with E-state index >= 15 is 0 Å². The molecule has 0 radical (unpaired) electrons. The Morgan fingerprint density at radius 1 is 0.967 bits per heavy atom. The number of para-hydroxylation sites is 1. The summed E-state index contributed by atoms with van der Waals surface area (Å²) < 4.78 is 2.21. The van der Waals surface area contributed by atoms with E-state index in [4.69, 9.17) is 4.98 Å². The lowest BCUT2D eigenvalue weighted by Crippen LogP contribution is -2.05. The molecule has 0 aliphatic carbocycles. The highest BCUT2D eigenvalue weighted by molar-refractivity contribution is 7.99. The van der Waals surface area contributed by atoms with Crippen LogP contribution < -0.4 is 0 Å². The van der Waals surface area contributed by atoms with Gasteiger partial charge >= 0.3 is 0 Å². The quantitative estimate of drug-likeness (QED) is 0.260. The topological polar surface area (TPSA) is 60.7 Å². The van der Waals surface area contributed by atoms with Crippen LogP contribution in [0, 0.1) is 0 Å². The number of thioether (sulfide) groups is 1. The van der Waals surface area contributed by atoms with Crippen molar-refractivity contribution in [2.75, 3.05) is 5.75 Å². The molecule has 30 heavy (non-hydrogen) atoms. The summed E-state index contributed by atoms with van der Waals surface area (Å²) in [6.07, 6.45) is 0.901. The van der Waals surface area contributed by atoms with Gasteiger partial charge in [-0.15, -0.1) is 21.5 Å². The first-order valence-corrected chi connectivity index (χ1v) is 11.5. The van der Waals surface area contributed by atoms with Crippen LogP contribution in [0.2, 0.25) is 0 Å². The molecule has 0 fully saturated rings. The van der Waals surface area contributed by atoms with E-state index in [0.717, 1.165) is 39.9 Å². The van der Waals surface area contributed by atoms with Crippen LogP contribution in [0.5, 0.6) is 0 Å². The second kappa shape index (κ2) is 8.38. The predicted molar refractivity (Wildman–Crippen MR) is 122 cm³/mol. The minimum absolute atomic E-state index is 0.0864. The van der Waals surface area contributed by atoms with Gasteiger partial charge in [0.1, 0.15) is 5.52 Å². The lowest BCUT2D eigenvalue weighted by molar-refractivity contribution is 0.102. The van der Waals surface area contributed by atoms with Crippen LogP contribution >= 0.6 is 23.1 Å². The summed E-state index contributed by atoms with van der Waals surface area (Å²) >= 11 is 2.79. The number of nitrogens with zero attached hydrogens (tertiary/aromatic N) is 4. The van der Waals surface area contributed by atoms with Crippen LogP contribution in [0.3, 0.4) is 0 Å². The Hall–Kier alpha value is -3.03. The molecule has 3 heterocycles. The smallest absolute Gasteiger partial charge is 0.211 e. The molecule has 5 aromatic rings. The lowest BCUT2D eigenvalue weighted by Gasteiger charge is -2.07. The maximum absolute atomic E-state index is 12.3. The van der Waals surface area contributed by atoms with Crippen molar-refractivity contribution in [2.24, 2.45) is 0 Å². The molecule has 148 valence electrons. The average molecular weight is 431 g/mol. The van der Waals surface area contributed by atoms with E-state index in [9.17, 15) is 4.79 Å². The highest BCUT2D eigenvalue weighted by atomic mass is 32.2. The van der Waals surface area contributed by atoms with Gasteiger partial charge in [-0.2, -0.15) is 0 Å². The zero-order chi connectivity index (χ0) is 20.3. The first-order valence-electron chi connectivity index (χ1n) is 9.65. The first kappa shape index (κ1) is 19.0. The van der Waals surface area contributed by atoms with E-state index in [0.29, 0.717) is 10.9 Å². The average Bonchev–Trinajstić information content (AvgIpc) is 3.43. The zero-order valence-electron chi connectivity index (χ0n) is 16.1. The van der Waals surface area contributed by atoms with E-state index in [1.807, 2.05) is 35.7 Å². The SMILES string of the molecule is O=C(CSc1nnc2c3ccccc3n(CCc3ccccc3)c2n1)c1cccs1. The van der Waals surface area contributed by atoms with E-state index in [2.05, 4.69) is 51.2 Å². The molecule has 0 atom stereocenters. The Balaban J connectivity index is 1.47. The lowest BCUT2D eigenvalue weighted by atomic mass is 10.1. The molecule has 0 amide bonds. The van der Waals surface area contributed by atoms with Gasteiger partial charge in [0.2, 0.25) is 5.16 Å². The van der Waals surface area contributed by atoms with Crippen molar-refractivity contribution in [3.8, 4) is 0 Å². The Kier molecular flexibility index (Phi) is 5.29. The summed E-state index contributed by atoms with van der Waals surface area (Å²) in [5, 5.41) is 12.2. The summed E-state index contributed by atoms with van der Waals surface area (Å²) in [6, 6.07) is 22.3. The molecule has 5 rings (SSSR count). The molecule has 0 saturated heterocycles. The number of ketones is 1. The Bertz CT molecular complexity index is 1310. The number of carbonyl (C=O) groups excluding carboxylic acids is 1. The van der Waals surface area contributed by atoms with Crippen molar-refractivity contribution in [2.45, 2.75) is 18.1 Å². The number of thiophene rings is 1. The van der Waals surface area contributed by atoms with E-state index in [1.165, 1.54) is 28.7 Å². The fraction of sp³-hybridized carbons (Fsp3) is 0.130. The van der Waals surface area contributed by atoms with Crippen LogP contribution in [-0.2, 0) is 13.0 Å². The number of carbonyl (C=O) groups is 1. The Morgan fingerprint density at radius 3 is 2.63 bits per heavy atom. The van der Waals surface area contributed by atoms with Gasteiger partial charge in [0.25, 0.3) is 0 Å². The molecule has 7 heteroatoms. The number of aromatic nitrogens is 4. The van der Waals surface area contributed by atoms with Crippen molar-refractivity contribution >= 4 is 50.9 Å². The highest BCUT2D eigenvalue weighted by Crippen LogP contribution is 2.28. The van der Waals surface area contributed by atoms with Gasteiger partial charge in [-0.1, -0.05) is 66.4 Å². The molecule has 0 saturated carbocycles. The third kappa shape index (κ3) is 3.74. The molecule has 0 bridgehead atoms. The van der Waals surface area contributed by atoms with Crippen LogP contribution in [0.25, 0.3) is 22.1 Å². The van der Waals surface area contributed by atoms with Gasteiger partial charge in [0.15, 0.2) is 11.4 Å². The number of aryl methyl sites for hydroxylation is 2. The summed E-state index contributed by atoms with van der Waals surface area (Å²) in [5.41, 5.74) is 3.99. The van der Waals surface area contributed by atoms with Gasteiger partial charge in [0.05, 0.1) is 16.1 Å². The first-order chi connectivity index (χ1) is 14.8. The molecular weight excluding hydrogens is 412 g/mol. The number of fused-ring (bicyclic) bond motifs is 3. The minimum Gasteiger partial charge on any atom is -0.323 e. The van der Waals surface area contributed by atoms with Crippen molar-refractivity contribution in [1.29, 1.82) is 0 Å². The van der Waals surface area contributed by atoms with Crippen molar-refractivity contribution in [3.05, 3.63) is 82.6 Å². The molecule has 0 aliphatic rings. The third-order valence-corrected chi connectivity index (χ3v) is 6.70. The Labute approximate surface area is 181 Å². The maximum atomic E-state index is 12.3. The monoisotopic (exact) mass is 430 g/mol. The minimum atomic E-state index is 0.0864. The van der Waals surface area contributed by atoms with Crippen LogP contribution in [0.1, 0.15) is 15.2 Å². The number of benzene rings is 2. The number of rotatable bonds is 7. The second-order valence-corrected chi connectivity index (χ2v) is 8.75. The van der Waals surface area contributed by atoms with E-state index in [1.54, 1.807) is 0 Å². The summed E-state index contributed by atoms with van der Waals surface area (Å²) in [6.45, 7) is 0.797.